The number of hydrogen-bond acceptors (Lipinski definition) is 1. The van der Waals surface area contributed by atoms with Gasteiger partial charge in [0.05, 0.1) is 5.69 Å². The third-order valence-corrected chi connectivity index (χ3v) is 0.841. The Balaban J connectivity index is 2.62. The van der Waals surface area contributed by atoms with Gasteiger partial charge in [-0.25, -0.2) is 0 Å². The summed E-state index contributed by atoms with van der Waals surface area (Å²) in [6.07, 6.45) is 4.27. The zero-order valence-electron chi connectivity index (χ0n) is 4.52. The van der Waals surface area contributed by atoms with E-state index in [-0.39, 0.29) is 0 Å². The van der Waals surface area contributed by atoms with Gasteiger partial charge in [0, 0.05) is 18.7 Å². The van der Waals surface area contributed by atoms with Gasteiger partial charge in [-0.1, -0.05) is 6.08 Å². The fraction of sp³-hybridized carbons (Fsp3) is 0.167. The van der Waals surface area contributed by atoms with Gasteiger partial charge in [-0.15, -0.1) is 6.58 Å². The highest BCUT2D eigenvalue weighted by molar-refractivity contribution is 4.99. The zero-order valence-corrected chi connectivity index (χ0v) is 4.52. The molecule has 0 spiro atoms. The van der Waals surface area contributed by atoms with Crippen LogP contribution in [0.2, 0.25) is 0 Å². The molecule has 0 bridgehead atoms. The molecule has 2 heteroatoms. The Morgan fingerprint density at radius 1 is 2.00 bits per heavy atom. The van der Waals surface area contributed by atoms with Crippen molar-refractivity contribution in [1.29, 1.82) is 0 Å². The van der Waals surface area contributed by atoms with E-state index in [2.05, 4.69) is 22.8 Å². The maximum Gasteiger partial charge on any atom is 0.0739 e. The first-order valence-corrected chi connectivity index (χ1v) is 2.44. The van der Waals surface area contributed by atoms with Crippen molar-refractivity contribution in [3.8, 4) is 0 Å². The Morgan fingerprint density at radius 2 is 2.88 bits per heavy atom. The van der Waals surface area contributed by atoms with E-state index in [4.69, 9.17) is 0 Å². The van der Waals surface area contributed by atoms with Crippen LogP contribution in [0.1, 0.15) is 5.69 Å². The molecule has 0 saturated carbocycles. The Kier molecular flexibility index (Phi) is 1.47. The third kappa shape index (κ3) is 0.964. The van der Waals surface area contributed by atoms with Crippen LogP contribution in [0.3, 0.4) is 0 Å². The largest absolute Gasteiger partial charge is 0.285 e. The fourth-order valence-corrected chi connectivity index (χ4v) is 0.499. The predicted octanol–water partition coefficient (Wildman–Crippen LogP) is 0.938. The molecule has 2 nitrogen and oxygen atoms in total. The molecule has 1 heterocycles. The Labute approximate surface area is 48.2 Å². The molecule has 1 N–H and O–H groups in total. The van der Waals surface area contributed by atoms with Gasteiger partial charge in [-0.05, 0) is 0 Å². The minimum absolute atomic E-state index is 0.795. The summed E-state index contributed by atoms with van der Waals surface area (Å²) in [5.41, 5.74) is 0.917. The van der Waals surface area contributed by atoms with Crippen molar-refractivity contribution in [2.24, 2.45) is 0 Å². The number of aromatic amines is 1. The third-order valence-electron chi connectivity index (χ3n) is 0.841. The van der Waals surface area contributed by atoms with Crippen molar-refractivity contribution in [2.75, 3.05) is 0 Å². The van der Waals surface area contributed by atoms with Crippen LogP contribution < -0.4 is 0 Å². The maximum atomic E-state index is 3.85. The second kappa shape index (κ2) is 2.31. The van der Waals surface area contributed by atoms with Crippen LogP contribution in [0, 0.1) is 6.07 Å². The van der Waals surface area contributed by atoms with E-state index in [0.717, 1.165) is 12.1 Å². The first-order valence-electron chi connectivity index (χ1n) is 2.44. The second-order valence-corrected chi connectivity index (χ2v) is 1.47. The van der Waals surface area contributed by atoms with Crippen LogP contribution in [0.25, 0.3) is 0 Å². The molecular weight excluding hydrogens is 100 g/mol. The van der Waals surface area contributed by atoms with Crippen LogP contribution in [0.5, 0.6) is 0 Å². The predicted molar refractivity (Wildman–Crippen MR) is 31.3 cm³/mol. The summed E-state index contributed by atoms with van der Waals surface area (Å²) in [7, 11) is 0. The van der Waals surface area contributed by atoms with Gasteiger partial charge in [0.2, 0.25) is 0 Å². The molecule has 0 aromatic carbocycles. The van der Waals surface area contributed by atoms with Crippen molar-refractivity contribution in [2.45, 2.75) is 6.42 Å². The molecule has 1 rings (SSSR count). The monoisotopic (exact) mass is 107 g/mol. The van der Waals surface area contributed by atoms with E-state index in [1.54, 1.807) is 12.3 Å². The maximum absolute atomic E-state index is 3.85. The van der Waals surface area contributed by atoms with Crippen LogP contribution >= 0.6 is 0 Å². The van der Waals surface area contributed by atoms with Crippen molar-refractivity contribution in [3.05, 3.63) is 30.6 Å². The summed E-state index contributed by atoms with van der Waals surface area (Å²) in [4.78, 5) is 0. The number of allylic oxidation sites excluding steroid dienone is 1. The van der Waals surface area contributed by atoms with Gasteiger partial charge >= 0.3 is 0 Å². The molecule has 0 fully saturated rings. The second-order valence-electron chi connectivity index (χ2n) is 1.47. The molecule has 8 heavy (non-hydrogen) atoms. The standard InChI is InChI=1S/C6H7N2/c1-2-3-6-4-5-7-8-6/h2,5H,1,3H2,(H,7,8). The summed E-state index contributed by atoms with van der Waals surface area (Å²) >= 11 is 0. The highest BCUT2D eigenvalue weighted by Crippen LogP contribution is 1.90. The molecule has 0 aliphatic rings. The lowest BCUT2D eigenvalue weighted by Crippen LogP contribution is -1.78. The van der Waals surface area contributed by atoms with Crippen LogP contribution in [-0.2, 0) is 6.42 Å². The van der Waals surface area contributed by atoms with Crippen molar-refractivity contribution in [3.63, 3.8) is 0 Å². The van der Waals surface area contributed by atoms with Gasteiger partial charge in [0.15, 0.2) is 0 Å². The molecule has 1 aromatic heterocycles. The van der Waals surface area contributed by atoms with Gasteiger partial charge in [-0.2, -0.15) is 5.10 Å². The lowest BCUT2D eigenvalue weighted by atomic mass is 10.3. The summed E-state index contributed by atoms with van der Waals surface area (Å²) in [6, 6.07) is 2.90. The highest BCUT2D eigenvalue weighted by Gasteiger charge is 1.86. The minimum atomic E-state index is 0.795. The number of nitrogens with zero attached hydrogens (tertiary/aromatic N) is 1. The lowest BCUT2D eigenvalue weighted by molar-refractivity contribution is 1.01. The molecule has 1 aromatic rings. The van der Waals surface area contributed by atoms with Crippen LogP contribution in [0.15, 0.2) is 18.9 Å². The van der Waals surface area contributed by atoms with E-state index < -0.39 is 0 Å². The molecule has 0 aliphatic carbocycles. The normalized spacial score (nSPS) is 9.00. The van der Waals surface area contributed by atoms with E-state index in [1.165, 1.54) is 0 Å². The van der Waals surface area contributed by atoms with Gasteiger partial charge < -0.3 is 0 Å². The van der Waals surface area contributed by atoms with Gasteiger partial charge in [-0.3, -0.25) is 5.10 Å². The number of aromatic nitrogens is 2. The topological polar surface area (TPSA) is 28.7 Å². The molecule has 0 amide bonds. The van der Waals surface area contributed by atoms with E-state index in [1.807, 2.05) is 0 Å². The highest BCUT2D eigenvalue weighted by atomic mass is 15.1. The Morgan fingerprint density at radius 3 is 3.38 bits per heavy atom. The number of H-pyrrole nitrogens is 1. The molecule has 0 aliphatic heterocycles. The summed E-state index contributed by atoms with van der Waals surface area (Å²) in [5, 5.41) is 6.52. The van der Waals surface area contributed by atoms with Crippen molar-refractivity contribution >= 4 is 0 Å². The molecule has 1 radical (unpaired) electrons. The fourth-order valence-electron chi connectivity index (χ4n) is 0.499. The summed E-state index contributed by atoms with van der Waals surface area (Å²) < 4.78 is 0. The molecular formula is C6H7N2. The average Bonchev–Trinajstić information content (AvgIpc) is 2.19. The van der Waals surface area contributed by atoms with E-state index in [0.29, 0.717) is 0 Å². The van der Waals surface area contributed by atoms with Gasteiger partial charge in [0.25, 0.3) is 0 Å². The molecule has 0 unspecified atom stereocenters. The summed E-state index contributed by atoms with van der Waals surface area (Å²) in [5.74, 6) is 0. The number of nitrogens with one attached hydrogen (secondary N) is 1. The summed E-state index contributed by atoms with van der Waals surface area (Å²) in [6.45, 7) is 3.56. The zero-order chi connectivity index (χ0) is 5.82. The molecule has 41 valence electrons. The quantitative estimate of drug-likeness (QED) is 0.560. The van der Waals surface area contributed by atoms with E-state index in [9.17, 15) is 0 Å². The first kappa shape index (κ1) is 5.09. The minimum Gasteiger partial charge on any atom is -0.285 e. The SMILES string of the molecule is C=CCc1[c]c[nH]n1. The Hall–Kier alpha value is -1.05. The van der Waals surface area contributed by atoms with Crippen molar-refractivity contribution in [1.82, 2.24) is 10.2 Å². The average molecular weight is 107 g/mol. The smallest absolute Gasteiger partial charge is 0.0739 e. The Bertz CT molecular complexity index is 153. The van der Waals surface area contributed by atoms with Gasteiger partial charge in [0.1, 0.15) is 0 Å². The number of rotatable bonds is 2. The first-order chi connectivity index (χ1) is 3.93. The van der Waals surface area contributed by atoms with Crippen molar-refractivity contribution < 1.29 is 0 Å². The van der Waals surface area contributed by atoms with Crippen LogP contribution in [-0.4, -0.2) is 10.2 Å². The molecule has 0 atom stereocenters. The lowest BCUT2D eigenvalue weighted by Gasteiger charge is -1.79. The number of hydrogen-bond donors (Lipinski definition) is 1. The van der Waals surface area contributed by atoms with Crippen LogP contribution in [0.4, 0.5) is 0 Å². The molecule has 0 saturated heterocycles. The van der Waals surface area contributed by atoms with E-state index >= 15 is 0 Å².